The van der Waals surface area contributed by atoms with Gasteiger partial charge < -0.3 is 9.84 Å². The number of hydrogen-bond acceptors (Lipinski definition) is 6. The van der Waals surface area contributed by atoms with Crippen molar-refractivity contribution in [2.24, 2.45) is 22.7 Å². The third kappa shape index (κ3) is 4.47. The van der Waals surface area contributed by atoms with Crippen LogP contribution in [0.2, 0.25) is 0 Å². The fraction of sp³-hybridized carbons (Fsp3) is 0.457. The first-order valence-electron chi connectivity index (χ1n) is 14.9. The van der Waals surface area contributed by atoms with Crippen LogP contribution >= 0.6 is 11.8 Å². The van der Waals surface area contributed by atoms with Gasteiger partial charge in [-0.3, -0.25) is 9.59 Å². The van der Waals surface area contributed by atoms with E-state index in [0.29, 0.717) is 30.2 Å². The zero-order valence-electron chi connectivity index (χ0n) is 24.4. The lowest BCUT2D eigenvalue weighted by Gasteiger charge is -2.62. The van der Waals surface area contributed by atoms with Crippen LogP contribution in [0.25, 0.3) is 0 Å². The van der Waals surface area contributed by atoms with Gasteiger partial charge in [0.25, 0.3) is 0 Å². The number of hydrogen-bond donors (Lipinski definition) is 1. The number of carbonyl (C=O) groups excluding carboxylic acids is 3. The van der Waals surface area contributed by atoms with Crippen molar-refractivity contribution >= 4 is 28.6 Å². The minimum Gasteiger partial charge on any atom is -0.446 e. The smallest absolute Gasteiger partial charge is 0.339 e. The molecular formula is C35H36F2O5S. The van der Waals surface area contributed by atoms with E-state index in [-0.39, 0.29) is 37.0 Å². The predicted octanol–water partition coefficient (Wildman–Crippen LogP) is 6.73. The summed E-state index contributed by atoms with van der Waals surface area (Å²) in [6.07, 6.45) is 4.82. The highest BCUT2D eigenvalue weighted by Crippen LogP contribution is 2.70. The molecule has 4 aliphatic carbocycles. The number of halogens is 2. The van der Waals surface area contributed by atoms with Crippen LogP contribution in [0.3, 0.4) is 0 Å². The number of carbonyl (C=O) groups is 3. The van der Waals surface area contributed by atoms with Crippen molar-refractivity contribution in [2.75, 3.05) is 6.01 Å². The minimum atomic E-state index is -2.08. The van der Waals surface area contributed by atoms with E-state index < -0.39 is 57.1 Å². The second-order valence-electron chi connectivity index (χ2n) is 12.9. The lowest BCUT2D eigenvalue weighted by molar-refractivity contribution is -0.209. The highest BCUT2D eigenvalue weighted by Gasteiger charge is 2.75. The van der Waals surface area contributed by atoms with Gasteiger partial charge >= 0.3 is 5.97 Å². The lowest BCUT2D eigenvalue weighted by atomic mass is 9.45. The van der Waals surface area contributed by atoms with Crippen molar-refractivity contribution in [3.8, 4) is 0 Å². The van der Waals surface area contributed by atoms with Crippen LogP contribution in [0.5, 0.6) is 0 Å². The maximum atomic E-state index is 17.5. The predicted molar refractivity (Wildman–Crippen MR) is 161 cm³/mol. The van der Waals surface area contributed by atoms with Gasteiger partial charge in [0, 0.05) is 23.2 Å². The molecule has 0 aromatic heterocycles. The number of benzene rings is 2. The first-order valence-corrected chi connectivity index (χ1v) is 15.8. The van der Waals surface area contributed by atoms with Gasteiger partial charge in [0.1, 0.15) is 6.01 Å². The fourth-order valence-electron chi connectivity index (χ4n) is 8.62. The van der Waals surface area contributed by atoms with Crippen molar-refractivity contribution in [1.82, 2.24) is 0 Å². The minimum absolute atomic E-state index is 0.102. The molecule has 2 aromatic carbocycles. The highest BCUT2D eigenvalue weighted by atomic mass is 32.2. The molecule has 43 heavy (non-hydrogen) atoms. The van der Waals surface area contributed by atoms with Gasteiger partial charge in [0.2, 0.25) is 5.12 Å². The third-order valence-electron chi connectivity index (χ3n) is 10.9. The second-order valence-corrected chi connectivity index (χ2v) is 13.8. The van der Waals surface area contributed by atoms with Crippen LogP contribution in [-0.4, -0.2) is 45.4 Å². The van der Waals surface area contributed by atoms with Gasteiger partial charge in [-0.2, -0.15) is 0 Å². The number of thioether (sulfide) groups is 1. The second kappa shape index (κ2) is 10.8. The van der Waals surface area contributed by atoms with E-state index in [0.717, 1.165) is 11.1 Å². The summed E-state index contributed by atoms with van der Waals surface area (Å²) < 4.78 is 37.3. The molecule has 1 N–H and O–H groups in total. The first-order chi connectivity index (χ1) is 20.5. The molecule has 6 rings (SSSR count). The third-order valence-corrected chi connectivity index (χ3v) is 11.6. The molecule has 2 saturated carbocycles. The van der Waals surface area contributed by atoms with Crippen molar-refractivity contribution in [2.45, 2.75) is 69.7 Å². The van der Waals surface area contributed by atoms with E-state index in [1.54, 1.807) is 32.1 Å². The Bertz CT molecular complexity index is 1510. The van der Waals surface area contributed by atoms with Gasteiger partial charge in [-0.15, -0.1) is 0 Å². The first kappa shape index (κ1) is 29.9. The van der Waals surface area contributed by atoms with Crippen LogP contribution in [0.1, 0.15) is 67.4 Å². The summed E-state index contributed by atoms with van der Waals surface area (Å²) >= 11 is 0.451. The molecule has 7 atom stereocenters. The van der Waals surface area contributed by atoms with Gasteiger partial charge in [0.05, 0.1) is 11.7 Å². The number of esters is 1. The standard InChI is InChI=1S/C35H36F2O5S/c1-32-16-14-26(38)19-25(32)12-13-28-27-15-17-34(31(41)43-21-36,33(27,2)20-29(39)35(28,32)37)42-30(40)24-10-8-23(9-11-24)18-22-6-4-3-5-7-22/h3-12,14,16,27-29,39H,13,15,17-21H2,1-2H3/t27-,28-,29-,32-,33-,34-,35-/m0/s1. The van der Waals surface area contributed by atoms with E-state index in [1.807, 2.05) is 48.5 Å². The molecule has 0 heterocycles. The van der Waals surface area contributed by atoms with E-state index in [4.69, 9.17) is 4.74 Å². The highest BCUT2D eigenvalue weighted by molar-refractivity contribution is 8.13. The number of alkyl halides is 2. The van der Waals surface area contributed by atoms with E-state index in [1.165, 1.54) is 6.08 Å². The number of allylic oxidation sites excluding steroid dienone is 4. The number of rotatable bonds is 6. The maximum absolute atomic E-state index is 17.5. The van der Waals surface area contributed by atoms with E-state index in [2.05, 4.69) is 0 Å². The van der Waals surface area contributed by atoms with Crippen LogP contribution in [-0.2, 0) is 20.7 Å². The monoisotopic (exact) mass is 606 g/mol. The van der Waals surface area contributed by atoms with Crippen LogP contribution in [0.15, 0.2) is 78.4 Å². The molecule has 4 aliphatic rings. The number of aliphatic hydroxyl groups excluding tert-OH is 1. The van der Waals surface area contributed by atoms with Gasteiger partial charge in [-0.1, -0.05) is 67.1 Å². The summed E-state index contributed by atoms with van der Waals surface area (Å²) in [6, 6.07) is 15.9. The van der Waals surface area contributed by atoms with Crippen molar-refractivity contribution in [1.29, 1.82) is 0 Å². The number of ketones is 1. The quantitative estimate of drug-likeness (QED) is 0.290. The molecular weight excluding hydrogens is 570 g/mol. The number of fused-ring (bicyclic) bond motifs is 5. The van der Waals surface area contributed by atoms with E-state index >= 15 is 4.39 Å². The Morgan fingerprint density at radius 1 is 1.05 bits per heavy atom. The summed E-state index contributed by atoms with van der Waals surface area (Å²) in [7, 11) is 0. The molecule has 5 nitrogen and oxygen atoms in total. The van der Waals surface area contributed by atoms with E-state index in [9.17, 15) is 23.9 Å². The fourth-order valence-corrected chi connectivity index (χ4v) is 9.33. The van der Waals surface area contributed by atoms with Crippen molar-refractivity contribution < 1.29 is 33.0 Å². The molecule has 0 radical (unpaired) electrons. The molecule has 2 aromatic rings. The number of aliphatic hydroxyl groups is 1. The molecule has 8 heteroatoms. The Kier molecular flexibility index (Phi) is 7.53. The summed E-state index contributed by atoms with van der Waals surface area (Å²) in [5, 5.41) is 11.0. The van der Waals surface area contributed by atoms with Crippen molar-refractivity contribution in [3.05, 3.63) is 95.1 Å². The Labute approximate surface area is 254 Å². The normalized spacial score (nSPS) is 36.3. The molecule has 0 amide bonds. The summed E-state index contributed by atoms with van der Waals surface area (Å²) in [4.78, 5) is 39.5. The number of ether oxygens (including phenoxy) is 1. The van der Waals surface area contributed by atoms with Crippen molar-refractivity contribution in [3.63, 3.8) is 0 Å². The zero-order valence-corrected chi connectivity index (χ0v) is 25.2. The molecule has 0 spiro atoms. The summed E-state index contributed by atoms with van der Waals surface area (Å²) in [6.45, 7) is 3.51. The molecule has 2 fully saturated rings. The summed E-state index contributed by atoms with van der Waals surface area (Å²) in [5.74, 6) is -1.92. The summed E-state index contributed by atoms with van der Waals surface area (Å²) in [5.41, 5.74) is -3.08. The molecule has 226 valence electrons. The average molecular weight is 607 g/mol. The van der Waals surface area contributed by atoms with Crippen LogP contribution in [0, 0.1) is 22.7 Å². The molecule has 0 unspecified atom stereocenters. The molecule has 0 aliphatic heterocycles. The molecule has 0 saturated heterocycles. The van der Waals surface area contributed by atoms with Crippen LogP contribution in [0.4, 0.5) is 8.78 Å². The Hall–Kier alpha value is -3.10. The lowest BCUT2D eigenvalue weighted by Crippen LogP contribution is -2.69. The Morgan fingerprint density at radius 3 is 2.44 bits per heavy atom. The van der Waals surface area contributed by atoms with Gasteiger partial charge in [-0.05, 0) is 86.0 Å². The van der Waals surface area contributed by atoms with Gasteiger partial charge in [0.15, 0.2) is 17.1 Å². The largest absolute Gasteiger partial charge is 0.446 e. The van der Waals surface area contributed by atoms with Crippen LogP contribution < -0.4 is 0 Å². The van der Waals surface area contributed by atoms with Gasteiger partial charge in [-0.25, -0.2) is 13.6 Å². The maximum Gasteiger partial charge on any atom is 0.339 e. The Morgan fingerprint density at radius 2 is 1.74 bits per heavy atom. The zero-order chi connectivity index (χ0) is 30.6. The SMILES string of the molecule is C[C@]12C=CC(=O)CC1=CC[C@H]1[C@@H]3CC[C@](OC(=O)c4ccc(Cc5ccccc5)cc4)(C(=O)SCF)[C@@]3(C)C[C@H](O)[C@@]12F. The average Bonchev–Trinajstić information content (AvgIpc) is 3.27. The Balaban J connectivity index is 1.32. The topological polar surface area (TPSA) is 80.7 Å². The molecule has 0 bridgehead atoms.